The molecule has 0 saturated heterocycles. The van der Waals surface area contributed by atoms with Gasteiger partial charge in [0.05, 0.1) is 4.92 Å². The zero-order valence-electron chi connectivity index (χ0n) is 12.4. The van der Waals surface area contributed by atoms with Crippen LogP contribution in [0.4, 0.5) is 11.4 Å². The zero-order chi connectivity index (χ0) is 15.5. The Balaban J connectivity index is 2.09. The lowest BCUT2D eigenvalue weighted by Gasteiger charge is -2.41. The molecule has 0 aromatic heterocycles. The molecule has 0 atom stereocenters. The van der Waals surface area contributed by atoms with Crippen LogP contribution in [0, 0.1) is 15.5 Å². The van der Waals surface area contributed by atoms with Gasteiger partial charge in [-0.3, -0.25) is 14.9 Å². The van der Waals surface area contributed by atoms with Gasteiger partial charge in [-0.25, -0.2) is 0 Å². The first-order valence-electron chi connectivity index (χ1n) is 7.26. The largest absolute Gasteiger partial charge is 0.383 e. The maximum atomic E-state index is 12.2. The highest BCUT2D eigenvalue weighted by Gasteiger charge is 2.35. The number of nitro groups is 1. The van der Waals surface area contributed by atoms with Gasteiger partial charge in [0.15, 0.2) is 0 Å². The van der Waals surface area contributed by atoms with Crippen molar-refractivity contribution >= 4 is 17.3 Å². The van der Waals surface area contributed by atoms with Crippen LogP contribution in [-0.4, -0.2) is 24.4 Å². The average Bonchev–Trinajstić information content (AvgIpc) is 2.45. The standard InChI is InChI=1S/C15H21N3O3/c1-3-15(7-4-8-15)10-17-14(19)11-5-6-12(16-2)13(9-11)18(20)21/h5-6,9,16H,3-4,7-8,10H2,1-2H3,(H,17,19). The summed E-state index contributed by atoms with van der Waals surface area (Å²) in [5.74, 6) is -0.250. The van der Waals surface area contributed by atoms with Crippen LogP contribution in [0.5, 0.6) is 0 Å². The Morgan fingerprint density at radius 1 is 1.43 bits per heavy atom. The molecule has 1 saturated carbocycles. The smallest absolute Gasteiger partial charge is 0.293 e. The Bertz CT molecular complexity index is 548. The fraction of sp³-hybridized carbons (Fsp3) is 0.533. The number of carbonyl (C=O) groups is 1. The van der Waals surface area contributed by atoms with Crippen LogP contribution in [0.3, 0.4) is 0 Å². The number of nitro benzene ring substituents is 1. The molecule has 0 spiro atoms. The van der Waals surface area contributed by atoms with E-state index in [1.165, 1.54) is 12.5 Å². The highest BCUT2D eigenvalue weighted by molar-refractivity contribution is 5.95. The molecule has 2 rings (SSSR count). The number of anilines is 1. The molecule has 0 heterocycles. The van der Waals surface area contributed by atoms with Crippen molar-refractivity contribution in [1.29, 1.82) is 0 Å². The summed E-state index contributed by atoms with van der Waals surface area (Å²) in [4.78, 5) is 22.7. The second kappa shape index (κ2) is 6.11. The normalized spacial score (nSPS) is 15.9. The highest BCUT2D eigenvalue weighted by Crippen LogP contribution is 2.43. The molecule has 21 heavy (non-hydrogen) atoms. The van der Waals surface area contributed by atoms with Gasteiger partial charge in [0.2, 0.25) is 0 Å². The van der Waals surface area contributed by atoms with Gasteiger partial charge < -0.3 is 10.6 Å². The van der Waals surface area contributed by atoms with E-state index < -0.39 is 4.92 Å². The van der Waals surface area contributed by atoms with Gasteiger partial charge in [-0.15, -0.1) is 0 Å². The third-order valence-electron chi connectivity index (χ3n) is 4.51. The summed E-state index contributed by atoms with van der Waals surface area (Å²) >= 11 is 0. The van der Waals surface area contributed by atoms with Gasteiger partial charge >= 0.3 is 0 Å². The molecule has 6 nitrogen and oxygen atoms in total. The molecule has 114 valence electrons. The molecule has 1 fully saturated rings. The molecule has 1 aliphatic rings. The first kappa shape index (κ1) is 15.3. The Morgan fingerprint density at radius 3 is 2.62 bits per heavy atom. The molecule has 0 radical (unpaired) electrons. The van der Waals surface area contributed by atoms with E-state index >= 15 is 0 Å². The van der Waals surface area contributed by atoms with Crippen LogP contribution in [0.25, 0.3) is 0 Å². The van der Waals surface area contributed by atoms with Crippen LogP contribution in [-0.2, 0) is 0 Å². The van der Waals surface area contributed by atoms with Crippen molar-refractivity contribution in [2.45, 2.75) is 32.6 Å². The number of benzene rings is 1. The van der Waals surface area contributed by atoms with Gasteiger partial charge in [-0.2, -0.15) is 0 Å². The van der Waals surface area contributed by atoms with Gasteiger partial charge in [0, 0.05) is 25.2 Å². The van der Waals surface area contributed by atoms with Crippen LogP contribution in [0.2, 0.25) is 0 Å². The van der Waals surface area contributed by atoms with Gasteiger partial charge in [-0.05, 0) is 36.8 Å². The van der Waals surface area contributed by atoms with Crippen LogP contribution in [0.1, 0.15) is 43.0 Å². The van der Waals surface area contributed by atoms with E-state index in [1.807, 2.05) is 0 Å². The molecule has 0 aliphatic heterocycles. The monoisotopic (exact) mass is 291 g/mol. The summed E-state index contributed by atoms with van der Waals surface area (Å²) in [6.07, 6.45) is 4.55. The summed E-state index contributed by atoms with van der Waals surface area (Å²) in [6.45, 7) is 2.78. The summed E-state index contributed by atoms with van der Waals surface area (Å²) in [6, 6.07) is 4.49. The number of amides is 1. The summed E-state index contributed by atoms with van der Waals surface area (Å²) in [7, 11) is 1.61. The topological polar surface area (TPSA) is 84.3 Å². The second-order valence-corrected chi connectivity index (χ2v) is 5.63. The number of nitrogens with zero attached hydrogens (tertiary/aromatic N) is 1. The van der Waals surface area contributed by atoms with Crippen molar-refractivity contribution in [2.75, 3.05) is 18.9 Å². The molecular formula is C15H21N3O3. The van der Waals surface area contributed by atoms with E-state index in [-0.39, 0.29) is 17.0 Å². The number of hydrogen-bond acceptors (Lipinski definition) is 4. The van der Waals surface area contributed by atoms with Crippen molar-refractivity contribution in [2.24, 2.45) is 5.41 Å². The molecule has 2 N–H and O–H groups in total. The molecular weight excluding hydrogens is 270 g/mol. The van der Waals surface area contributed by atoms with E-state index in [9.17, 15) is 14.9 Å². The molecule has 1 aliphatic carbocycles. The third kappa shape index (κ3) is 3.15. The van der Waals surface area contributed by atoms with Gasteiger partial charge in [0.25, 0.3) is 11.6 Å². The Hall–Kier alpha value is -2.11. The minimum atomic E-state index is -0.484. The maximum Gasteiger partial charge on any atom is 0.293 e. The summed E-state index contributed by atoms with van der Waals surface area (Å²) < 4.78 is 0. The van der Waals surface area contributed by atoms with E-state index in [2.05, 4.69) is 17.6 Å². The van der Waals surface area contributed by atoms with Crippen molar-refractivity contribution in [1.82, 2.24) is 5.32 Å². The molecule has 6 heteroatoms. The van der Waals surface area contributed by atoms with E-state index in [0.29, 0.717) is 17.8 Å². The lowest BCUT2D eigenvalue weighted by molar-refractivity contribution is -0.384. The first-order chi connectivity index (χ1) is 10.0. The quantitative estimate of drug-likeness (QED) is 0.623. The van der Waals surface area contributed by atoms with Crippen molar-refractivity contribution in [3.63, 3.8) is 0 Å². The SMILES string of the molecule is CCC1(CNC(=O)c2ccc(NC)c([N+](=O)[O-])c2)CCC1. The van der Waals surface area contributed by atoms with Crippen LogP contribution < -0.4 is 10.6 Å². The number of rotatable bonds is 6. The minimum Gasteiger partial charge on any atom is -0.383 e. The summed E-state index contributed by atoms with van der Waals surface area (Å²) in [5.41, 5.74) is 0.873. The van der Waals surface area contributed by atoms with Crippen molar-refractivity contribution in [3.8, 4) is 0 Å². The molecule has 1 amide bonds. The summed E-state index contributed by atoms with van der Waals surface area (Å²) in [5, 5.41) is 16.7. The minimum absolute atomic E-state index is 0.0843. The van der Waals surface area contributed by atoms with E-state index in [4.69, 9.17) is 0 Å². The lowest BCUT2D eigenvalue weighted by Crippen LogP contribution is -2.41. The Labute approximate surface area is 124 Å². The van der Waals surface area contributed by atoms with Crippen molar-refractivity contribution in [3.05, 3.63) is 33.9 Å². The lowest BCUT2D eigenvalue weighted by atomic mass is 9.67. The predicted molar refractivity (Wildman–Crippen MR) is 81.6 cm³/mol. The Morgan fingerprint density at radius 2 is 2.14 bits per heavy atom. The first-order valence-corrected chi connectivity index (χ1v) is 7.26. The van der Waals surface area contributed by atoms with Crippen molar-refractivity contribution < 1.29 is 9.72 Å². The number of hydrogen-bond donors (Lipinski definition) is 2. The maximum absolute atomic E-state index is 12.2. The van der Waals surface area contributed by atoms with Gasteiger partial charge in [0.1, 0.15) is 5.69 Å². The highest BCUT2D eigenvalue weighted by atomic mass is 16.6. The second-order valence-electron chi connectivity index (χ2n) is 5.63. The predicted octanol–water partition coefficient (Wildman–Crippen LogP) is 2.95. The molecule has 0 bridgehead atoms. The number of carbonyl (C=O) groups excluding carboxylic acids is 1. The average molecular weight is 291 g/mol. The molecule has 0 unspecified atom stereocenters. The Kier molecular flexibility index (Phi) is 4.45. The van der Waals surface area contributed by atoms with E-state index in [0.717, 1.165) is 19.3 Å². The zero-order valence-corrected chi connectivity index (χ0v) is 12.4. The molecule has 1 aromatic rings. The fourth-order valence-corrected chi connectivity index (χ4v) is 2.74. The van der Waals surface area contributed by atoms with Crippen LogP contribution in [0.15, 0.2) is 18.2 Å². The number of nitrogens with one attached hydrogen (secondary N) is 2. The van der Waals surface area contributed by atoms with E-state index in [1.54, 1.807) is 19.2 Å². The third-order valence-corrected chi connectivity index (χ3v) is 4.51. The van der Waals surface area contributed by atoms with Crippen LogP contribution >= 0.6 is 0 Å². The van der Waals surface area contributed by atoms with Gasteiger partial charge in [-0.1, -0.05) is 13.3 Å². The fourth-order valence-electron chi connectivity index (χ4n) is 2.74. The molecule has 1 aromatic carbocycles.